The maximum atomic E-state index is 12.6. The molecule has 1 aliphatic carbocycles. The number of ether oxygens (including phenoxy) is 3. The van der Waals surface area contributed by atoms with Crippen LogP contribution in [0.2, 0.25) is 0 Å². The van der Waals surface area contributed by atoms with Crippen LogP contribution in [0.3, 0.4) is 0 Å². The van der Waals surface area contributed by atoms with E-state index in [1.54, 1.807) is 7.11 Å². The third-order valence-corrected chi connectivity index (χ3v) is 5.80. The highest BCUT2D eigenvalue weighted by atomic mass is 16.5. The average molecular weight is 417 g/mol. The molecule has 0 heterocycles. The summed E-state index contributed by atoms with van der Waals surface area (Å²) in [6, 6.07) is 0. The van der Waals surface area contributed by atoms with E-state index >= 15 is 0 Å². The monoisotopic (exact) mass is 416 g/mol. The topological polar surface area (TPSA) is 102 Å². The molecule has 29 heavy (non-hydrogen) atoms. The standard InChI is InChI=1S/C22H40O7/c1-3-4-5-8-17(27-2)10-11-19-18(9-6-7-13-28-16-22(25)26)20(24)15-21(19)29-14-12-23/h17-19,21,23H,3-16H2,1-2H3,(H,25,26)/t17?,18-,19-,21-/m1/s1. The van der Waals surface area contributed by atoms with E-state index in [9.17, 15) is 9.59 Å². The Hall–Kier alpha value is -1.02. The highest BCUT2D eigenvalue weighted by Crippen LogP contribution is 2.38. The molecular formula is C22H40O7. The first-order valence-corrected chi connectivity index (χ1v) is 11.1. The number of Topliss-reactive ketones (excluding diaryl/α,β-unsaturated/α-hetero) is 1. The third kappa shape index (κ3) is 10.5. The fraction of sp³-hybridized carbons (Fsp3) is 0.909. The Bertz CT molecular complexity index is 454. The van der Waals surface area contributed by atoms with Crippen LogP contribution in [0.5, 0.6) is 0 Å². The number of methoxy groups -OCH3 is 1. The number of hydrogen-bond acceptors (Lipinski definition) is 6. The molecule has 0 aromatic rings. The van der Waals surface area contributed by atoms with Crippen molar-refractivity contribution in [2.24, 2.45) is 11.8 Å². The summed E-state index contributed by atoms with van der Waals surface area (Å²) >= 11 is 0. The minimum Gasteiger partial charge on any atom is -0.480 e. The Morgan fingerprint density at radius 3 is 2.59 bits per heavy atom. The van der Waals surface area contributed by atoms with E-state index < -0.39 is 5.97 Å². The number of carboxylic acids is 1. The van der Waals surface area contributed by atoms with E-state index in [0.29, 0.717) is 13.0 Å². The summed E-state index contributed by atoms with van der Waals surface area (Å²) in [4.78, 5) is 23.1. The summed E-state index contributed by atoms with van der Waals surface area (Å²) in [5.41, 5.74) is 0. The Kier molecular flexibility index (Phi) is 14.1. The first-order valence-electron chi connectivity index (χ1n) is 11.1. The zero-order chi connectivity index (χ0) is 21.5. The van der Waals surface area contributed by atoms with Gasteiger partial charge in [0.1, 0.15) is 12.4 Å². The van der Waals surface area contributed by atoms with E-state index in [2.05, 4.69) is 6.92 Å². The molecule has 0 aromatic carbocycles. The van der Waals surface area contributed by atoms with Gasteiger partial charge in [0.15, 0.2) is 0 Å². The van der Waals surface area contributed by atoms with Crippen LogP contribution in [0.15, 0.2) is 0 Å². The summed E-state index contributed by atoms with van der Waals surface area (Å²) in [5, 5.41) is 17.7. The van der Waals surface area contributed by atoms with Crippen LogP contribution in [-0.2, 0) is 23.8 Å². The summed E-state index contributed by atoms with van der Waals surface area (Å²) in [6.07, 6.45) is 9.21. The Balaban J connectivity index is 2.54. The van der Waals surface area contributed by atoms with Gasteiger partial charge in [-0.2, -0.15) is 0 Å². The highest BCUT2D eigenvalue weighted by molar-refractivity contribution is 5.84. The third-order valence-electron chi connectivity index (χ3n) is 5.80. The van der Waals surface area contributed by atoms with Crippen molar-refractivity contribution in [3.05, 3.63) is 0 Å². The van der Waals surface area contributed by atoms with Crippen molar-refractivity contribution in [1.82, 2.24) is 0 Å². The average Bonchev–Trinajstić information content (AvgIpc) is 3.00. The van der Waals surface area contributed by atoms with Crippen molar-refractivity contribution in [1.29, 1.82) is 0 Å². The molecule has 0 bridgehead atoms. The molecule has 4 atom stereocenters. The van der Waals surface area contributed by atoms with Crippen molar-refractivity contribution in [2.45, 2.75) is 83.3 Å². The number of rotatable bonds is 18. The lowest BCUT2D eigenvalue weighted by atomic mass is 9.85. The van der Waals surface area contributed by atoms with Gasteiger partial charge in [0, 0.05) is 26.1 Å². The number of aliphatic hydroxyl groups excluding tert-OH is 1. The van der Waals surface area contributed by atoms with Gasteiger partial charge in [-0.3, -0.25) is 4.79 Å². The second-order valence-corrected chi connectivity index (χ2v) is 7.95. The van der Waals surface area contributed by atoms with E-state index in [0.717, 1.165) is 44.9 Å². The van der Waals surface area contributed by atoms with E-state index in [1.807, 2.05) is 0 Å². The van der Waals surface area contributed by atoms with Gasteiger partial charge >= 0.3 is 5.97 Å². The minimum absolute atomic E-state index is 0.0358. The van der Waals surface area contributed by atoms with Crippen LogP contribution in [0, 0.1) is 11.8 Å². The summed E-state index contributed by atoms with van der Waals surface area (Å²) in [5.74, 6) is -0.611. The Morgan fingerprint density at radius 2 is 1.93 bits per heavy atom. The first kappa shape index (κ1) is 26.0. The predicted octanol–water partition coefficient (Wildman–Crippen LogP) is 3.22. The van der Waals surface area contributed by atoms with E-state index in [4.69, 9.17) is 24.4 Å². The first-order chi connectivity index (χ1) is 14.0. The molecule has 2 N–H and O–H groups in total. The van der Waals surface area contributed by atoms with Crippen LogP contribution in [0.4, 0.5) is 0 Å². The molecule has 0 aromatic heterocycles. The SMILES string of the molecule is CCCCCC(CC[C@H]1[C@H](OCCO)CC(=O)[C@@H]1CCCCOCC(=O)O)OC. The molecule has 1 unspecified atom stereocenters. The number of unbranched alkanes of at least 4 members (excludes halogenated alkanes) is 3. The smallest absolute Gasteiger partial charge is 0.329 e. The van der Waals surface area contributed by atoms with Gasteiger partial charge < -0.3 is 24.4 Å². The van der Waals surface area contributed by atoms with Crippen molar-refractivity contribution >= 4 is 11.8 Å². The molecule has 7 nitrogen and oxygen atoms in total. The van der Waals surface area contributed by atoms with Gasteiger partial charge in [-0.25, -0.2) is 4.79 Å². The van der Waals surface area contributed by atoms with Crippen molar-refractivity contribution < 1.29 is 34.0 Å². The van der Waals surface area contributed by atoms with Crippen LogP contribution in [-0.4, -0.2) is 67.7 Å². The molecule has 1 aliphatic rings. The molecule has 170 valence electrons. The number of hydrogen-bond donors (Lipinski definition) is 2. The maximum Gasteiger partial charge on any atom is 0.329 e. The van der Waals surface area contributed by atoms with Gasteiger partial charge in [-0.1, -0.05) is 32.6 Å². The number of ketones is 1. The van der Waals surface area contributed by atoms with Crippen LogP contribution >= 0.6 is 0 Å². The number of aliphatic carboxylic acids is 1. The number of carboxylic acid groups (broad SMARTS) is 1. The highest BCUT2D eigenvalue weighted by Gasteiger charge is 2.42. The largest absolute Gasteiger partial charge is 0.480 e. The lowest BCUT2D eigenvalue weighted by Gasteiger charge is -2.26. The molecule has 1 rings (SSSR count). The van der Waals surface area contributed by atoms with E-state index in [-0.39, 0.29) is 49.6 Å². The van der Waals surface area contributed by atoms with Crippen LogP contribution in [0.25, 0.3) is 0 Å². The van der Waals surface area contributed by atoms with Gasteiger partial charge in [0.2, 0.25) is 0 Å². The zero-order valence-electron chi connectivity index (χ0n) is 18.1. The van der Waals surface area contributed by atoms with Gasteiger partial charge in [0.25, 0.3) is 0 Å². The fourth-order valence-corrected chi connectivity index (χ4v) is 4.26. The summed E-state index contributed by atoms with van der Waals surface area (Å²) in [6.45, 7) is 2.52. The molecule has 1 fully saturated rings. The Morgan fingerprint density at radius 1 is 1.14 bits per heavy atom. The second-order valence-electron chi connectivity index (χ2n) is 7.95. The van der Waals surface area contributed by atoms with Gasteiger partial charge in [0.05, 0.1) is 25.4 Å². The number of carbonyl (C=O) groups excluding carboxylic acids is 1. The summed E-state index contributed by atoms with van der Waals surface area (Å²) < 4.78 is 16.5. The van der Waals surface area contributed by atoms with Crippen molar-refractivity contribution in [3.63, 3.8) is 0 Å². The van der Waals surface area contributed by atoms with Crippen molar-refractivity contribution in [3.8, 4) is 0 Å². The second kappa shape index (κ2) is 15.8. The summed E-state index contributed by atoms with van der Waals surface area (Å²) in [7, 11) is 1.75. The molecule has 0 radical (unpaired) electrons. The molecule has 0 saturated heterocycles. The number of carbonyl (C=O) groups is 2. The van der Waals surface area contributed by atoms with E-state index in [1.165, 1.54) is 12.8 Å². The maximum absolute atomic E-state index is 12.6. The van der Waals surface area contributed by atoms with Crippen LogP contribution < -0.4 is 0 Å². The molecule has 1 saturated carbocycles. The van der Waals surface area contributed by atoms with Crippen LogP contribution in [0.1, 0.15) is 71.1 Å². The quantitative estimate of drug-likeness (QED) is 0.331. The normalized spacial score (nSPS) is 22.9. The fourth-order valence-electron chi connectivity index (χ4n) is 4.26. The predicted molar refractivity (Wildman–Crippen MR) is 110 cm³/mol. The lowest BCUT2D eigenvalue weighted by Crippen LogP contribution is -2.26. The molecular weight excluding hydrogens is 376 g/mol. The molecule has 7 heteroatoms. The molecule has 0 spiro atoms. The molecule has 0 amide bonds. The zero-order valence-corrected chi connectivity index (χ0v) is 18.1. The van der Waals surface area contributed by atoms with Gasteiger partial charge in [-0.15, -0.1) is 0 Å². The van der Waals surface area contributed by atoms with Gasteiger partial charge in [-0.05, 0) is 38.0 Å². The molecule has 0 aliphatic heterocycles. The minimum atomic E-state index is -0.966. The van der Waals surface area contributed by atoms with Crippen molar-refractivity contribution in [2.75, 3.05) is 33.5 Å². The Labute approximate surface area is 175 Å². The number of aliphatic hydroxyl groups is 1. The lowest BCUT2D eigenvalue weighted by molar-refractivity contribution is -0.142.